The van der Waals surface area contributed by atoms with Gasteiger partial charge in [0.05, 0.1) is 14.9 Å². The standard InChI is InChI=1S/C21H26Cl2N2O3S/c1-3-5-13-25(14-6-4-2)29(27,28)18-10-8-17(9-11-18)24-21(26)16-7-12-19(22)20(23)15-16/h7-12,15H,3-6,13-14H2,1-2H3,(H,24,26). The topological polar surface area (TPSA) is 66.5 Å². The molecule has 1 amide bonds. The Morgan fingerprint density at radius 2 is 1.52 bits per heavy atom. The third kappa shape index (κ3) is 6.44. The van der Waals surface area contributed by atoms with Crippen molar-refractivity contribution in [3.63, 3.8) is 0 Å². The highest BCUT2D eigenvalue weighted by Crippen LogP contribution is 2.24. The summed E-state index contributed by atoms with van der Waals surface area (Å²) in [6.07, 6.45) is 3.50. The zero-order valence-electron chi connectivity index (χ0n) is 16.6. The summed E-state index contributed by atoms with van der Waals surface area (Å²) in [6.45, 7) is 5.09. The van der Waals surface area contributed by atoms with Crippen LogP contribution in [0.3, 0.4) is 0 Å². The van der Waals surface area contributed by atoms with E-state index in [1.165, 1.54) is 18.2 Å². The highest BCUT2D eigenvalue weighted by atomic mass is 35.5. The largest absolute Gasteiger partial charge is 0.322 e. The molecule has 0 heterocycles. The Labute approximate surface area is 183 Å². The van der Waals surface area contributed by atoms with E-state index in [0.29, 0.717) is 34.4 Å². The van der Waals surface area contributed by atoms with Crippen LogP contribution in [-0.4, -0.2) is 31.7 Å². The van der Waals surface area contributed by atoms with Crippen molar-refractivity contribution in [1.29, 1.82) is 0 Å². The lowest BCUT2D eigenvalue weighted by Crippen LogP contribution is -2.33. The Bertz CT molecular complexity index is 923. The van der Waals surface area contributed by atoms with Crippen molar-refractivity contribution in [2.24, 2.45) is 0 Å². The summed E-state index contributed by atoms with van der Waals surface area (Å²) in [5.74, 6) is -0.355. The molecule has 2 aromatic rings. The second-order valence-electron chi connectivity index (χ2n) is 6.72. The van der Waals surface area contributed by atoms with Gasteiger partial charge in [-0.2, -0.15) is 4.31 Å². The van der Waals surface area contributed by atoms with Crippen LogP contribution in [0.25, 0.3) is 0 Å². The lowest BCUT2D eigenvalue weighted by molar-refractivity contribution is 0.102. The number of benzene rings is 2. The minimum Gasteiger partial charge on any atom is -0.322 e. The first-order valence-corrected chi connectivity index (χ1v) is 11.9. The van der Waals surface area contributed by atoms with Crippen molar-refractivity contribution >= 4 is 44.8 Å². The Balaban J connectivity index is 2.14. The second kappa shape index (κ2) is 11.0. The molecule has 0 spiro atoms. The number of hydrogen-bond acceptors (Lipinski definition) is 3. The van der Waals surface area contributed by atoms with Gasteiger partial charge in [-0.15, -0.1) is 0 Å². The van der Waals surface area contributed by atoms with Gasteiger partial charge in [0.15, 0.2) is 0 Å². The molecule has 29 heavy (non-hydrogen) atoms. The van der Waals surface area contributed by atoms with Crippen LogP contribution in [-0.2, 0) is 10.0 Å². The number of nitrogens with one attached hydrogen (secondary N) is 1. The van der Waals surface area contributed by atoms with Crippen molar-refractivity contribution < 1.29 is 13.2 Å². The number of anilines is 1. The number of halogens is 2. The summed E-state index contributed by atoms with van der Waals surface area (Å²) < 4.78 is 27.5. The number of unbranched alkanes of at least 4 members (excludes halogenated alkanes) is 2. The monoisotopic (exact) mass is 456 g/mol. The molecule has 2 aromatic carbocycles. The molecule has 0 atom stereocenters. The molecule has 0 fully saturated rings. The van der Waals surface area contributed by atoms with Crippen molar-refractivity contribution in [2.75, 3.05) is 18.4 Å². The number of carbonyl (C=O) groups excluding carboxylic acids is 1. The molecule has 0 aliphatic heterocycles. The van der Waals surface area contributed by atoms with E-state index >= 15 is 0 Å². The highest BCUT2D eigenvalue weighted by molar-refractivity contribution is 7.89. The number of sulfonamides is 1. The number of amides is 1. The molecule has 0 aromatic heterocycles. The van der Waals surface area contributed by atoms with E-state index in [-0.39, 0.29) is 10.8 Å². The molecule has 5 nitrogen and oxygen atoms in total. The third-order valence-corrected chi connectivity index (χ3v) is 7.11. The van der Waals surface area contributed by atoms with Gasteiger partial charge in [-0.3, -0.25) is 4.79 Å². The van der Waals surface area contributed by atoms with E-state index in [1.807, 2.05) is 13.8 Å². The van der Waals surface area contributed by atoms with E-state index in [0.717, 1.165) is 25.7 Å². The average Bonchev–Trinajstić information content (AvgIpc) is 2.70. The molecule has 0 aliphatic carbocycles. The van der Waals surface area contributed by atoms with Crippen molar-refractivity contribution in [3.8, 4) is 0 Å². The van der Waals surface area contributed by atoms with Crippen LogP contribution in [0, 0.1) is 0 Å². The highest BCUT2D eigenvalue weighted by Gasteiger charge is 2.23. The molecule has 0 saturated heterocycles. The lowest BCUT2D eigenvalue weighted by atomic mass is 10.2. The molecule has 1 N–H and O–H groups in total. The average molecular weight is 457 g/mol. The Morgan fingerprint density at radius 1 is 0.931 bits per heavy atom. The Morgan fingerprint density at radius 3 is 2.03 bits per heavy atom. The van der Waals surface area contributed by atoms with Gasteiger partial charge in [-0.1, -0.05) is 49.9 Å². The molecule has 0 bridgehead atoms. The van der Waals surface area contributed by atoms with Crippen LogP contribution < -0.4 is 5.32 Å². The summed E-state index contributed by atoms with van der Waals surface area (Å²) in [6, 6.07) is 10.8. The zero-order valence-corrected chi connectivity index (χ0v) is 18.9. The smallest absolute Gasteiger partial charge is 0.255 e. The molecule has 0 saturated carbocycles. The second-order valence-corrected chi connectivity index (χ2v) is 9.47. The maximum Gasteiger partial charge on any atom is 0.255 e. The molecule has 0 unspecified atom stereocenters. The maximum absolute atomic E-state index is 13.0. The first-order chi connectivity index (χ1) is 13.8. The Kier molecular flexibility index (Phi) is 8.96. The summed E-state index contributed by atoms with van der Waals surface area (Å²) in [5.41, 5.74) is 0.857. The molecular weight excluding hydrogens is 431 g/mol. The fraction of sp³-hybridized carbons (Fsp3) is 0.381. The van der Waals surface area contributed by atoms with Gasteiger partial charge in [0.25, 0.3) is 5.91 Å². The van der Waals surface area contributed by atoms with E-state index in [1.54, 1.807) is 28.6 Å². The molecule has 0 aliphatic rings. The molecule has 0 radical (unpaired) electrons. The number of nitrogens with zero attached hydrogens (tertiary/aromatic N) is 1. The van der Waals surface area contributed by atoms with Gasteiger partial charge in [0.1, 0.15) is 0 Å². The van der Waals surface area contributed by atoms with Gasteiger partial charge < -0.3 is 5.32 Å². The van der Waals surface area contributed by atoms with Crippen LogP contribution >= 0.6 is 23.2 Å². The SMILES string of the molecule is CCCCN(CCCC)S(=O)(=O)c1ccc(NC(=O)c2ccc(Cl)c(Cl)c2)cc1. The van der Waals surface area contributed by atoms with Crippen LogP contribution in [0.2, 0.25) is 10.0 Å². The minimum atomic E-state index is -3.56. The van der Waals surface area contributed by atoms with E-state index in [9.17, 15) is 13.2 Å². The minimum absolute atomic E-state index is 0.220. The van der Waals surface area contributed by atoms with Crippen molar-refractivity contribution in [3.05, 3.63) is 58.1 Å². The van der Waals surface area contributed by atoms with Crippen molar-refractivity contribution in [1.82, 2.24) is 4.31 Å². The molecule has 2 rings (SSSR count). The summed E-state index contributed by atoms with van der Waals surface area (Å²) in [7, 11) is -3.56. The Hall–Kier alpha value is -1.60. The van der Waals surface area contributed by atoms with Crippen LogP contribution in [0.5, 0.6) is 0 Å². The van der Waals surface area contributed by atoms with Gasteiger partial charge in [-0.05, 0) is 55.3 Å². The molecule has 8 heteroatoms. The fourth-order valence-electron chi connectivity index (χ4n) is 2.72. The van der Waals surface area contributed by atoms with E-state index < -0.39 is 10.0 Å². The van der Waals surface area contributed by atoms with Crippen LogP contribution in [0.4, 0.5) is 5.69 Å². The number of rotatable bonds is 10. The summed E-state index contributed by atoms with van der Waals surface area (Å²) in [4.78, 5) is 12.6. The van der Waals surface area contributed by atoms with Crippen molar-refractivity contribution in [2.45, 2.75) is 44.4 Å². The summed E-state index contributed by atoms with van der Waals surface area (Å²) in [5, 5.41) is 3.39. The van der Waals surface area contributed by atoms with E-state index in [2.05, 4.69) is 5.32 Å². The van der Waals surface area contributed by atoms with Gasteiger partial charge in [0, 0.05) is 24.3 Å². The maximum atomic E-state index is 13.0. The molecule has 158 valence electrons. The quantitative estimate of drug-likeness (QED) is 0.488. The molecular formula is C21H26Cl2N2O3S. The van der Waals surface area contributed by atoms with Gasteiger partial charge >= 0.3 is 0 Å². The van der Waals surface area contributed by atoms with Crippen LogP contribution in [0.15, 0.2) is 47.4 Å². The first-order valence-electron chi connectivity index (χ1n) is 9.66. The first kappa shape index (κ1) is 23.7. The predicted molar refractivity (Wildman–Crippen MR) is 119 cm³/mol. The summed E-state index contributed by atoms with van der Waals surface area (Å²) >= 11 is 11.8. The third-order valence-electron chi connectivity index (χ3n) is 4.45. The fourth-order valence-corrected chi connectivity index (χ4v) is 4.54. The van der Waals surface area contributed by atoms with E-state index in [4.69, 9.17) is 23.2 Å². The normalized spacial score (nSPS) is 11.6. The number of carbonyl (C=O) groups is 1. The van der Waals surface area contributed by atoms with Crippen LogP contribution in [0.1, 0.15) is 49.9 Å². The van der Waals surface area contributed by atoms with Gasteiger partial charge in [-0.25, -0.2) is 8.42 Å². The number of hydrogen-bond donors (Lipinski definition) is 1. The lowest BCUT2D eigenvalue weighted by Gasteiger charge is -2.22. The predicted octanol–water partition coefficient (Wildman–Crippen LogP) is 5.84. The van der Waals surface area contributed by atoms with Gasteiger partial charge in [0.2, 0.25) is 10.0 Å². The zero-order chi connectivity index (χ0) is 21.4.